The number of allylic oxidation sites excluding steroid dienone is 2. The molecule has 1 aliphatic carbocycles. The molecule has 0 radical (unpaired) electrons. The lowest BCUT2D eigenvalue weighted by Crippen LogP contribution is -1.97. The zero-order chi connectivity index (χ0) is 21.6. The fourth-order valence-corrected chi connectivity index (χ4v) is 3.58. The molecule has 0 bridgehead atoms. The van der Waals surface area contributed by atoms with Gasteiger partial charge < -0.3 is 4.74 Å². The Bertz CT molecular complexity index is 1240. The summed E-state index contributed by atoms with van der Waals surface area (Å²) in [5, 5.41) is 0. The maximum Gasteiger partial charge on any atom is 0.147 e. The number of hydrogen-bond donors (Lipinski definition) is 0. The molecule has 3 aromatic carbocycles. The van der Waals surface area contributed by atoms with Gasteiger partial charge in [-0.2, -0.15) is 0 Å². The second-order valence-corrected chi connectivity index (χ2v) is 7.57. The predicted molar refractivity (Wildman–Crippen MR) is 124 cm³/mol. The molecule has 0 unspecified atom stereocenters. The number of aryl methyl sites for hydroxylation is 1. The maximum atomic E-state index is 15.5. The van der Waals surface area contributed by atoms with Gasteiger partial charge in [0.25, 0.3) is 0 Å². The zero-order valence-electron chi connectivity index (χ0n) is 17.8. The van der Waals surface area contributed by atoms with E-state index in [0.717, 1.165) is 41.7 Å². The van der Waals surface area contributed by atoms with Crippen LogP contribution in [-0.2, 0) is 0 Å². The molecular formula is C29H23FO. The Morgan fingerprint density at radius 1 is 0.774 bits per heavy atom. The lowest BCUT2D eigenvalue weighted by Gasteiger charge is -2.09. The van der Waals surface area contributed by atoms with Crippen LogP contribution in [0, 0.1) is 36.4 Å². The lowest BCUT2D eigenvalue weighted by molar-refractivity contribution is 0.415. The largest absolute Gasteiger partial charge is 0.497 e. The Morgan fingerprint density at radius 3 is 2.00 bits per heavy atom. The van der Waals surface area contributed by atoms with Crippen molar-refractivity contribution in [1.29, 1.82) is 0 Å². The van der Waals surface area contributed by atoms with Gasteiger partial charge in [-0.25, -0.2) is 4.39 Å². The molecule has 1 nitrogen and oxygen atoms in total. The second-order valence-electron chi connectivity index (χ2n) is 7.57. The van der Waals surface area contributed by atoms with E-state index in [0.29, 0.717) is 16.7 Å². The Morgan fingerprint density at radius 2 is 1.39 bits per heavy atom. The molecule has 1 aliphatic rings. The third kappa shape index (κ3) is 4.88. The van der Waals surface area contributed by atoms with Crippen molar-refractivity contribution in [3.05, 3.63) is 106 Å². The Labute approximate surface area is 183 Å². The third-order valence-corrected chi connectivity index (χ3v) is 5.33. The summed E-state index contributed by atoms with van der Waals surface area (Å²) in [6, 6.07) is 19.1. The van der Waals surface area contributed by atoms with Crippen molar-refractivity contribution >= 4 is 5.57 Å². The molecule has 0 atom stereocenters. The van der Waals surface area contributed by atoms with E-state index in [2.05, 4.69) is 29.8 Å². The molecule has 4 rings (SSSR count). The van der Waals surface area contributed by atoms with Gasteiger partial charge >= 0.3 is 0 Å². The van der Waals surface area contributed by atoms with E-state index in [1.165, 1.54) is 5.56 Å². The number of methoxy groups -OCH3 is 1. The van der Waals surface area contributed by atoms with Crippen molar-refractivity contribution < 1.29 is 9.13 Å². The molecular weight excluding hydrogens is 383 g/mol. The monoisotopic (exact) mass is 406 g/mol. The van der Waals surface area contributed by atoms with Crippen molar-refractivity contribution in [3.8, 4) is 29.4 Å². The number of halogens is 1. The van der Waals surface area contributed by atoms with Crippen LogP contribution in [-0.4, -0.2) is 7.11 Å². The first kappa shape index (κ1) is 20.5. The van der Waals surface area contributed by atoms with Gasteiger partial charge in [0, 0.05) is 22.3 Å². The van der Waals surface area contributed by atoms with Crippen LogP contribution < -0.4 is 4.74 Å². The zero-order valence-corrected chi connectivity index (χ0v) is 17.8. The van der Waals surface area contributed by atoms with E-state index in [1.54, 1.807) is 13.2 Å². The molecule has 31 heavy (non-hydrogen) atoms. The summed E-state index contributed by atoms with van der Waals surface area (Å²) in [5.74, 6) is 12.9. The predicted octanol–water partition coefficient (Wildman–Crippen LogP) is 6.51. The first-order chi connectivity index (χ1) is 15.1. The molecule has 0 saturated heterocycles. The number of rotatable bonds is 2. The van der Waals surface area contributed by atoms with Gasteiger partial charge in [-0.3, -0.25) is 0 Å². The molecule has 3 aromatic rings. The van der Waals surface area contributed by atoms with Gasteiger partial charge in [-0.1, -0.05) is 47.5 Å². The normalized spacial score (nSPS) is 12.3. The Kier molecular flexibility index (Phi) is 6.21. The van der Waals surface area contributed by atoms with Crippen LogP contribution in [0.3, 0.4) is 0 Å². The van der Waals surface area contributed by atoms with Crippen LogP contribution in [0.15, 0.2) is 66.7 Å². The average Bonchev–Trinajstić information content (AvgIpc) is 3.33. The van der Waals surface area contributed by atoms with E-state index in [4.69, 9.17) is 4.74 Å². The Balaban J connectivity index is 1.72. The summed E-state index contributed by atoms with van der Waals surface area (Å²) in [6.45, 7) is 2.03. The number of ether oxygens (including phenoxy) is 1. The molecule has 0 N–H and O–H groups in total. The fourth-order valence-electron chi connectivity index (χ4n) is 3.58. The molecule has 0 fully saturated rings. The molecule has 0 amide bonds. The van der Waals surface area contributed by atoms with Crippen molar-refractivity contribution in [2.45, 2.75) is 26.2 Å². The molecule has 0 heterocycles. The quantitative estimate of drug-likeness (QED) is 0.441. The first-order valence-electron chi connectivity index (χ1n) is 10.4. The summed E-state index contributed by atoms with van der Waals surface area (Å²) in [7, 11) is 1.63. The third-order valence-electron chi connectivity index (χ3n) is 5.33. The maximum absolute atomic E-state index is 15.5. The van der Waals surface area contributed by atoms with Gasteiger partial charge in [0.1, 0.15) is 11.6 Å². The molecule has 0 aromatic heterocycles. The van der Waals surface area contributed by atoms with Crippen LogP contribution in [0.4, 0.5) is 4.39 Å². The molecule has 152 valence electrons. The van der Waals surface area contributed by atoms with E-state index in [9.17, 15) is 0 Å². The summed E-state index contributed by atoms with van der Waals surface area (Å²) in [5.41, 5.74) is 5.61. The van der Waals surface area contributed by atoms with Crippen molar-refractivity contribution in [2.24, 2.45) is 0 Å². The second kappa shape index (κ2) is 9.38. The van der Waals surface area contributed by atoms with Crippen molar-refractivity contribution in [1.82, 2.24) is 0 Å². The molecule has 2 heteroatoms. The first-order valence-corrected chi connectivity index (χ1v) is 10.4. The SMILES string of the molecule is COc1ccc(C#Cc2ccc(C#Cc3ccc(C)cc3)c(F)c2C2=CCCC2)cc1. The highest BCUT2D eigenvalue weighted by Crippen LogP contribution is 2.33. The Hall–Kier alpha value is -3.75. The molecule has 0 saturated carbocycles. The highest BCUT2D eigenvalue weighted by molar-refractivity contribution is 5.74. The van der Waals surface area contributed by atoms with Crippen LogP contribution in [0.2, 0.25) is 0 Å². The van der Waals surface area contributed by atoms with Crippen molar-refractivity contribution in [3.63, 3.8) is 0 Å². The van der Waals surface area contributed by atoms with Gasteiger partial charge in [0.15, 0.2) is 0 Å². The minimum Gasteiger partial charge on any atom is -0.497 e. The molecule has 0 spiro atoms. The minimum absolute atomic E-state index is 0.283. The van der Waals surface area contributed by atoms with Crippen LogP contribution in [0.25, 0.3) is 5.57 Å². The van der Waals surface area contributed by atoms with Crippen LogP contribution in [0.5, 0.6) is 5.75 Å². The number of benzene rings is 3. The van der Waals surface area contributed by atoms with Gasteiger partial charge in [0.05, 0.1) is 12.7 Å². The highest BCUT2D eigenvalue weighted by Gasteiger charge is 2.18. The number of hydrogen-bond acceptors (Lipinski definition) is 1. The summed E-state index contributed by atoms with van der Waals surface area (Å²) >= 11 is 0. The lowest BCUT2D eigenvalue weighted by atomic mass is 9.95. The van der Waals surface area contributed by atoms with Crippen molar-refractivity contribution in [2.75, 3.05) is 7.11 Å². The van der Waals surface area contributed by atoms with Crippen LogP contribution >= 0.6 is 0 Å². The van der Waals surface area contributed by atoms with Gasteiger partial charge in [-0.15, -0.1) is 0 Å². The van der Waals surface area contributed by atoms with Gasteiger partial charge in [-0.05, 0) is 80.3 Å². The average molecular weight is 407 g/mol. The highest BCUT2D eigenvalue weighted by atomic mass is 19.1. The topological polar surface area (TPSA) is 9.23 Å². The summed E-state index contributed by atoms with van der Waals surface area (Å²) < 4.78 is 20.7. The van der Waals surface area contributed by atoms with E-state index in [1.807, 2.05) is 61.5 Å². The minimum atomic E-state index is -0.283. The fraction of sp³-hybridized carbons (Fsp3) is 0.172. The van der Waals surface area contributed by atoms with Crippen LogP contribution in [0.1, 0.15) is 52.6 Å². The summed E-state index contributed by atoms with van der Waals surface area (Å²) in [6.07, 6.45) is 5.00. The molecule has 0 aliphatic heterocycles. The summed E-state index contributed by atoms with van der Waals surface area (Å²) in [4.78, 5) is 0. The van der Waals surface area contributed by atoms with E-state index >= 15 is 4.39 Å². The van der Waals surface area contributed by atoms with E-state index < -0.39 is 0 Å². The smallest absolute Gasteiger partial charge is 0.147 e. The van der Waals surface area contributed by atoms with E-state index in [-0.39, 0.29) is 5.82 Å². The van der Waals surface area contributed by atoms with Gasteiger partial charge in [0.2, 0.25) is 0 Å². The standard InChI is InChI=1S/C29H23FO/c1-21-7-9-22(10-8-21)12-16-26-18-17-25(28(29(26)30)24-5-3-4-6-24)15-11-23-13-19-27(31-2)20-14-23/h5,7-10,13-14,17-20H,3-4,6H2,1-2H3.